The van der Waals surface area contributed by atoms with Crippen molar-refractivity contribution in [3.8, 4) is 0 Å². The van der Waals surface area contributed by atoms with Crippen molar-refractivity contribution in [1.29, 1.82) is 0 Å². The third-order valence-corrected chi connectivity index (χ3v) is 4.02. The van der Waals surface area contributed by atoms with E-state index in [1.54, 1.807) is 12.1 Å². The smallest absolute Gasteiger partial charge is 0.279 e. The van der Waals surface area contributed by atoms with Crippen LogP contribution in [-0.4, -0.2) is 19.5 Å². The summed E-state index contributed by atoms with van der Waals surface area (Å²) in [4.78, 5) is 13.1. The topological polar surface area (TPSA) is 33.5 Å². The Hall–Kier alpha value is -1.91. The molecule has 0 fully saturated rings. The van der Waals surface area contributed by atoms with Gasteiger partial charge in [-0.1, -0.05) is 29.8 Å². The van der Waals surface area contributed by atoms with Crippen molar-refractivity contribution in [2.75, 3.05) is 18.9 Å². The highest BCUT2D eigenvalue weighted by Crippen LogP contribution is 2.20. The number of quaternary nitrogens is 1. The largest absolute Gasteiger partial charge is 0.324 e. The number of amides is 1. The monoisotopic (exact) mass is 321 g/mol. The molecule has 3 nitrogen and oxygen atoms in total. The van der Waals surface area contributed by atoms with Crippen LogP contribution in [0.4, 0.5) is 10.1 Å². The van der Waals surface area contributed by atoms with Gasteiger partial charge in [0.25, 0.3) is 5.91 Å². The van der Waals surface area contributed by atoms with Gasteiger partial charge in [-0.05, 0) is 37.3 Å². The first kappa shape index (κ1) is 16.5. The second-order valence-corrected chi connectivity index (χ2v) is 5.73. The molecule has 0 aliphatic heterocycles. The molecule has 2 N–H and O–H groups in total. The van der Waals surface area contributed by atoms with Crippen molar-refractivity contribution >= 4 is 23.2 Å². The predicted octanol–water partition coefficient (Wildman–Crippen LogP) is 2.69. The molecular formula is C17H19ClFN2O+. The molecule has 0 aliphatic rings. The highest BCUT2D eigenvalue weighted by molar-refractivity contribution is 6.31. The Bertz CT molecular complexity index is 645. The number of benzene rings is 2. The first-order valence-corrected chi connectivity index (χ1v) is 7.47. The van der Waals surface area contributed by atoms with Crippen LogP contribution < -0.4 is 10.2 Å². The lowest BCUT2D eigenvalue weighted by Gasteiger charge is -2.22. The summed E-state index contributed by atoms with van der Waals surface area (Å²) in [7, 11) is 1.94. The summed E-state index contributed by atoms with van der Waals surface area (Å²) in [5.41, 5.74) is 1.60. The number of hydrogen-bond acceptors (Lipinski definition) is 1. The molecule has 1 unspecified atom stereocenters. The number of carbonyl (C=O) groups excluding carboxylic acids is 1. The molecule has 2 aromatic rings. The molecule has 2 rings (SSSR count). The SMILES string of the molecule is C[C@@H](c1ccccc1Cl)[NH+](C)CC(=O)Nc1ccc(F)cc1. The summed E-state index contributed by atoms with van der Waals surface area (Å²) in [6.07, 6.45) is 0. The summed E-state index contributed by atoms with van der Waals surface area (Å²) >= 11 is 6.19. The van der Waals surface area contributed by atoms with Crippen molar-refractivity contribution in [1.82, 2.24) is 0 Å². The van der Waals surface area contributed by atoms with Crippen molar-refractivity contribution in [2.45, 2.75) is 13.0 Å². The zero-order valence-corrected chi connectivity index (χ0v) is 13.3. The van der Waals surface area contributed by atoms with Crippen LogP contribution >= 0.6 is 11.6 Å². The third-order valence-electron chi connectivity index (χ3n) is 3.68. The van der Waals surface area contributed by atoms with Crippen molar-refractivity contribution in [3.63, 3.8) is 0 Å². The third kappa shape index (κ3) is 4.29. The number of hydrogen-bond donors (Lipinski definition) is 2. The predicted molar refractivity (Wildman–Crippen MR) is 86.7 cm³/mol. The van der Waals surface area contributed by atoms with Gasteiger partial charge < -0.3 is 10.2 Å². The van der Waals surface area contributed by atoms with E-state index in [0.717, 1.165) is 10.5 Å². The lowest BCUT2D eigenvalue weighted by Crippen LogP contribution is -3.10. The minimum atomic E-state index is -0.326. The van der Waals surface area contributed by atoms with E-state index in [-0.39, 0.29) is 17.8 Å². The van der Waals surface area contributed by atoms with Gasteiger partial charge in [-0.3, -0.25) is 4.79 Å². The summed E-state index contributed by atoms with van der Waals surface area (Å²) in [6, 6.07) is 13.4. The quantitative estimate of drug-likeness (QED) is 0.872. The van der Waals surface area contributed by atoms with Crippen LogP contribution in [0.3, 0.4) is 0 Å². The fraction of sp³-hybridized carbons (Fsp3) is 0.235. The number of nitrogens with one attached hydrogen (secondary N) is 2. The van der Waals surface area contributed by atoms with E-state index < -0.39 is 0 Å². The zero-order chi connectivity index (χ0) is 16.1. The van der Waals surface area contributed by atoms with Gasteiger partial charge >= 0.3 is 0 Å². The minimum Gasteiger partial charge on any atom is -0.324 e. The average molecular weight is 322 g/mol. The van der Waals surface area contributed by atoms with Gasteiger partial charge in [0.15, 0.2) is 6.54 Å². The molecular weight excluding hydrogens is 303 g/mol. The Kier molecular flexibility index (Phi) is 5.52. The maximum absolute atomic E-state index is 12.8. The second-order valence-electron chi connectivity index (χ2n) is 5.32. The van der Waals surface area contributed by atoms with Crippen LogP contribution in [0.25, 0.3) is 0 Å². The molecule has 5 heteroatoms. The highest BCUT2D eigenvalue weighted by Gasteiger charge is 2.20. The Labute approximate surface area is 134 Å². The molecule has 1 amide bonds. The van der Waals surface area contributed by atoms with E-state index in [2.05, 4.69) is 5.32 Å². The van der Waals surface area contributed by atoms with E-state index in [4.69, 9.17) is 11.6 Å². The van der Waals surface area contributed by atoms with Gasteiger partial charge in [0.2, 0.25) is 0 Å². The van der Waals surface area contributed by atoms with Crippen molar-refractivity contribution in [2.24, 2.45) is 0 Å². The molecule has 0 heterocycles. The normalized spacial score (nSPS) is 13.5. The number of likely N-dealkylation sites (N-methyl/N-ethyl adjacent to an activating group) is 1. The second kappa shape index (κ2) is 7.38. The van der Waals surface area contributed by atoms with Crippen LogP contribution in [0.5, 0.6) is 0 Å². The molecule has 0 aliphatic carbocycles. The summed E-state index contributed by atoms with van der Waals surface area (Å²) in [5, 5.41) is 3.46. The van der Waals surface area contributed by atoms with Crippen LogP contribution in [0.1, 0.15) is 18.5 Å². The van der Waals surface area contributed by atoms with E-state index in [9.17, 15) is 9.18 Å². The summed E-state index contributed by atoms with van der Waals surface area (Å²) in [6.45, 7) is 2.32. The van der Waals surface area contributed by atoms with E-state index >= 15 is 0 Å². The number of halogens is 2. The molecule has 0 saturated heterocycles. The summed E-state index contributed by atoms with van der Waals surface area (Å²) in [5.74, 6) is -0.448. The fourth-order valence-corrected chi connectivity index (χ4v) is 2.54. The standard InChI is InChI=1S/C17H18ClFN2O/c1-12(15-5-3-4-6-16(15)18)21(2)11-17(22)20-14-9-7-13(19)8-10-14/h3-10,12H,11H2,1-2H3,(H,20,22)/p+1/t12-/m0/s1. The Morgan fingerprint density at radius 1 is 1.23 bits per heavy atom. The van der Waals surface area contributed by atoms with Crippen LogP contribution in [0.2, 0.25) is 5.02 Å². The summed E-state index contributed by atoms with van der Waals surface area (Å²) < 4.78 is 12.8. The highest BCUT2D eigenvalue weighted by atomic mass is 35.5. The Morgan fingerprint density at radius 2 is 1.86 bits per heavy atom. The minimum absolute atomic E-state index is 0.0904. The number of carbonyl (C=O) groups is 1. The maximum Gasteiger partial charge on any atom is 0.279 e. The van der Waals surface area contributed by atoms with Gasteiger partial charge in [-0.15, -0.1) is 0 Å². The molecule has 2 aromatic carbocycles. The van der Waals surface area contributed by atoms with Crippen LogP contribution in [0.15, 0.2) is 48.5 Å². The molecule has 22 heavy (non-hydrogen) atoms. The van der Waals surface area contributed by atoms with Gasteiger partial charge in [0.05, 0.1) is 7.05 Å². The first-order chi connectivity index (χ1) is 10.5. The Morgan fingerprint density at radius 3 is 2.50 bits per heavy atom. The average Bonchev–Trinajstić information content (AvgIpc) is 2.49. The molecule has 0 aromatic heterocycles. The van der Waals surface area contributed by atoms with Crippen molar-refractivity contribution in [3.05, 3.63) is 64.9 Å². The first-order valence-electron chi connectivity index (χ1n) is 7.09. The molecule has 2 atom stereocenters. The van der Waals surface area contributed by atoms with E-state index in [0.29, 0.717) is 17.3 Å². The van der Waals surface area contributed by atoms with E-state index in [1.807, 2.05) is 38.2 Å². The molecule has 116 valence electrons. The van der Waals surface area contributed by atoms with Crippen molar-refractivity contribution < 1.29 is 14.1 Å². The lowest BCUT2D eigenvalue weighted by atomic mass is 10.1. The van der Waals surface area contributed by atoms with Crippen LogP contribution in [0, 0.1) is 5.82 Å². The zero-order valence-electron chi connectivity index (χ0n) is 12.6. The van der Waals surface area contributed by atoms with Gasteiger partial charge in [-0.25, -0.2) is 4.39 Å². The van der Waals surface area contributed by atoms with Crippen LogP contribution in [-0.2, 0) is 4.79 Å². The maximum atomic E-state index is 12.8. The van der Waals surface area contributed by atoms with Gasteiger partial charge in [0, 0.05) is 16.3 Å². The molecule has 0 spiro atoms. The Balaban J connectivity index is 1.96. The lowest BCUT2D eigenvalue weighted by molar-refractivity contribution is -0.902. The van der Waals surface area contributed by atoms with E-state index in [1.165, 1.54) is 12.1 Å². The molecule has 0 radical (unpaired) electrons. The molecule has 0 bridgehead atoms. The number of anilines is 1. The number of rotatable bonds is 5. The fourth-order valence-electron chi connectivity index (χ4n) is 2.24. The van der Waals surface area contributed by atoms with Gasteiger partial charge in [-0.2, -0.15) is 0 Å². The molecule has 0 saturated carbocycles. The van der Waals surface area contributed by atoms with Gasteiger partial charge in [0.1, 0.15) is 11.9 Å².